The van der Waals surface area contributed by atoms with Gasteiger partial charge in [-0.25, -0.2) is 9.37 Å². The van der Waals surface area contributed by atoms with Gasteiger partial charge in [-0.2, -0.15) is 0 Å². The van der Waals surface area contributed by atoms with Gasteiger partial charge in [0.2, 0.25) is 11.8 Å². The average Bonchev–Trinajstić information content (AvgIpc) is 3.23. The third-order valence-electron chi connectivity index (χ3n) is 3.83. The summed E-state index contributed by atoms with van der Waals surface area (Å²) in [6, 6.07) is 5.95. The number of halogens is 1. The standard InChI is InChI=1S/C17H17FN4O3S/c18-12-5-3-11(4-6-12)17-19-13(10-26-17)8-14(23)20-21-15(24)9-22-7-1-2-16(22)25/h3-6,10H,1-2,7-9H2,(H,20,23)(H,21,24). The van der Waals surface area contributed by atoms with E-state index in [0.29, 0.717) is 23.7 Å². The molecule has 0 bridgehead atoms. The van der Waals surface area contributed by atoms with Crippen LogP contribution in [0.15, 0.2) is 29.6 Å². The van der Waals surface area contributed by atoms with Crippen LogP contribution in [0.3, 0.4) is 0 Å². The second-order valence-electron chi connectivity index (χ2n) is 5.84. The minimum atomic E-state index is -0.445. The number of amides is 3. The molecule has 136 valence electrons. The second-order valence-corrected chi connectivity index (χ2v) is 6.70. The molecule has 1 fully saturated rings. The first-order chi connectivity index (χ1) is 12.5. The minimum Gasteiger partial charge on any atom is -0.333 e. The molecule has 2 aromatic rings. The molecule has 0 saturated carbocycles. The summed E-state index contributed by atoms with van der Waals surface area (Å²) in [4.78, 5) is 40.9. The molecular weight excluding hydrogens is 359 g/mol. The van der Waals surface area contributed by atoms with Crippen molar-refractivity contribution in [2.24, 2.45) is 0 Å². The van der Waals surface area contributed by atoms with Crippen molar-refractivity contribution in [1.82, 2.24) is 20.7 Å². The monoisotopic (exact) mass is 376 g/mol. The maximum atomic E-state index is 13.0. The summed E-state index contributed by atoms with van der Waals surface area (Å²) in [6.45, 7) is 0.496. The number of nitrogens with one attached hydrogen (secondary N) is 2. The van der Waals surface area contributed by atoms with E-state index < -0.39 is 11.8 Å². The van der Waals surface area contributed by atoms with Gasteiger partial charge in [-0.1, -0.05) is 0 Å². The maximum absolute atomic E-state index is 13.0. The maximum Gasteiger partial charge on any atom is 0.257 e. The van der Waals surface area contributed by atoms with Crippen LogP contribution in [0.4, 0.5) is 4.39 Å². The van der Waals surface area contributed by atoms with E-state index in [2.05, 4.69) is 15.8 Å². The highest BCUT2D eigenvalue weighted by Crippen LogP contribution is 2.24. The zero-order valence-electron chi connectivity index (χ0n) is 13.8. The summed E-state index contributed by atoms with van der Waals surface area (Å²) >= 11 is 1.35. The Kier molecular flexibility index (Phi) is 5.57. The molecule has 1 saturated heterocycles. The Bertz CT molecular complexity index is 822. The summed E-state index contributed by atoms with van der Waals surface area (Å²) in [5.74, 6) is -1.24. The lowest BCUT2D eigenvalue weighted by molar-refractivity contribution is -0.134. The third kappa shape index (κ3) is 4.63. The number of carbonyl (C=O) groups is 3. The first-order valence-corrected chi connectivity index (χ1v) is 8.95. The predicted molar refractivity (Wildman–Crippen MR) is 93.3 cm³/mol. The van der Waals surface area contributed by atoms with Gasteiger partial charge in [0.1, 0.15) is 17.4 Å². The molecule has 1 aliphatic rings. The molecule has 2 heterocycles. The fourth-order valence-corrected chi connectivity index (χ4v) is 3.37. The Morgan fingerprint density at radius 3 is 2.62 bits per heavy atom. The smallest absolute Gasteiger partial charge is 0.257 e. The molecule has 3 amide bonds. The highest BCUT2D eigenvalue weighted by atomic mass is 32.1. The molecule has 0 spiro atoms. The molecule has 7 nitrogen and oxygen atoms in total. The normalized spacial score (nSPS) is 13.7. The van der Waals surface area contributed by atoms with Gasteiger partial charge < -0.3 is 4.90 Å². The average molecular weight is 376 g/mol. The van der Waals surface area contributed by atoms with Crippen LogP contribution in [0.5, 0.6) is 0 Å². The number of carbonyl (C=O) groups excluding carboxylic acids is 3. The quantitative estimate of drug-likeness (QED) is 0.769. The van der Waals surface area contributed by atoms with Crippen molar-refractivity contribution in [3.05, 3.63) is 41.2 Å². The number of thiazole rings is 1. The first-order valence-electron chi connectivity index (χ1n) is 8.07. The summed E-state index contributed by atoms with van der Waals surface area (Å²) in [5, 5.41) is 2.42. The van der Waals surface area contributed by atoms with Crippen LogP contribution < -0.4 is 10.9 Å². The Balaban J connectivity index is 1.47. The molecular formula is C17H17FN4O3S. The van der Waals surface area contributed by atoms with Crippen molar-refractivity contribution < 1.29 is 18.8 Å². The van der Waals surface area contributed by atoms with E-state index in [1.165, 1.54) is 28.4 Å². The topological polar surface area (TPSA) is 91.4 Å². The zero-order valence-corrected chi connectivity index (χ0v) is 14.6. The van der Waals surface area contributed by atoms with E-state index in [1.807, 2.05) is 0 Å². The zero-order chi connectivity index (χ0) is 18.5. The fourth-order valence-electron chi connectivity index (χ4n) is 2.55. The van der Waals surface area contributed by atoms with Crippen LogP contribution >= 0.6 is 11.3 Å². The molecule has 0 radical (unpaired) electrons. The van der Waals surface area contributed by atoms with Gasteiger partial charge in [0.15, 0.2) is 0 Å². The summed E-state index contributed by atoms with van der Waals surface area (Å²) < 4.78 is 13.0. The molecule has 1 aromatic heterocycles. The molecule has 0 atom stereocenters. The van der Waals surface area contributed by atoms with Crippen molar-refractivity contribution in [2.75, 3.05) is 13.1 Å². The van der Waals surface area contributed by atoms with E-state index >= 15 is 0 Å². The molecule has 0 unspecified atom stereocenters. The number of benzene rings is 1. The van der Waals surface area contributed by atoms with Gasteiger partial charge in [-0.15, -0.1) is 11.3 Å². The lowest BCUT2D eigenvalue weighted by atomic mass is 10.2. The van der Waals surface area contributed by atoms with Crippen LogP contribution in [-0.4, -0.2) is 40.7 Å². The van der Waals surface area contributed by atoms with Gasteiger partial charge in [-0.3, -0.25) is 25.2 Å². The molecule has 9 heteroatoms. The van der Waals surface area contributed by atoms with Crippen molar-refractivity contribution in [3.63, 3.8) is 0 Å². The Hall–Kier alpha value is -2.81. The number of hydrogen-bond donors (Lipinski definition) is 2. The van der Waals surface area contributed by atoms with Crippen molar-refractivity contribution in [2.45, 2.75) is 19.3 Å². The van der Waals surface area contributed by atoms with Crippen LogP contribution in [0.1, 0.15) is 18.5 Å². The van der Waals surface area contributed by atoms with Gasteiger partial charge in [0, 0.05) is 23.9 Å². The number of hydrogen-bond acceptors (Lipinski definition) is 5. The van der Waals surface area contributed by atoms with Crippen molar-refractivity contribution in [3.8, 4) is 10.6 Å². The second kappa shape index (κ2) is 8.05. The SMILES string of the molecule is O=C(Cc1csc(-c2ccc(F)cc2)n1)NNC(=O)CN1CCCC1=O. The molecule has 3 rings (SSSR count). The number of nitrogens with zero attached hydrogens (tertiary/aromatic N) is 2. The van der Waals surface area contributed by atoms with E-state index in [4.69, 9.17) is 0 Å². The predicted octanol–water partition coefficient (Wildman–Crippen LogP) is 1.26. The van der Waals surface area contributed by atoms with Crippen molar-refractivity contribution in [1.29, 1.82) is 0 Å². The van der Waals surface area contributed by atoms with Crippen molar-refractivity contribution >= 4 is 29.1 Å². The van der Waals surface area contributed by atoms with Crippen LogP contribution in [0.2, 0.25) is 0 Å². The summed E-state index contributed by atoms with van der Waals surface area (Å²) in [5.41, 5.74) is 5.93. The molecule has 2 N–H and O–H groups in total. The third-order valence-corrected chi connectivity index (χ3v) is 4.77. The van der Waals surface area contributed by atoms with E-state index in [-0.39, 0.29) is 24.7 Å². The fraction of sp³-hybridized carbons (Fsp3) is 0.294. The molecule has 0 aliphatic carbocycles. The van der Waals surface area contributed by atoms with Crippen LogP contribution in [-0.2, 0) is 20.8 Å². The number of rotatable bonds is 5. The van der Waals surface area contributed by atoms with Gasteiger partial charge >= 0.3 is 0 Å². The highest BCUT2D eigenvalue weighted by molar-refractivity contribution is 7.13. The highest BCUT2D eigenvalue weighted by Gasteiger charge is 2.22. The van der Waals surface area contributed by atoms with Crippen LogP contribution in [0.25, 0.3) is 10.6 Å². The Morgan fingerprint density at radius 1 is 1.19 bits per heavy atom. The van der Waals surface area contributed by atoms with Gasteiger partial charge in [0.25, 0.3) is 5.91 Å². The largest absolute Gasteiger partial charge is 0.333 e. The molecule has 26 heavy (non-hydrogen) atoms. The van der Waals surface area contributed by atoms with Crippen LogP contribution in [0, 0.1) is 5.82 Å². The van der Waals surface area contributed by atoms with E-state index in [9.17, 15) is 18.8 Å². The van der Waals surface area contributed by atoms with E-state index in [0.717, 1.165) is 12.0 Å². The lowest BCUT2D eigenvalue weighted by Gasteiger charge is -2.15. The lowest BCUT2D eigenvalue weighted by Crippen LogP contribution is -2.47. The van der Waals surface area contributed by atoms with Gasteiger partial charge in [0.05, 0.1) is 12.1 Å². The van der Waals surface area contributed by atoms with Gasteiger partial charge in [-0.05, 0) is 30.7 Å². The summed E-state index contributed by atoms with van der Waals surface area (Å²) in [6.07, 6.45) is 1.21. The Morgan fingerprint density at radius 2 is 1.92 bits per heavy atom. The number of hydrazine groups is 1. The molecule has 1 aromatic carbocycles. The first kappa shape index (κ1) is 18.0. The van der Waals surface area contributed by atoms with E-state index in [1.54, 1.807) is 17.5 Å². The summed E-state index contributed by atoms with van der Waals surface area (Å²) in [7, 11) is 0. The Labute approximate surface area is 153 Å². The number of likely N-dealkylation sites (tertiary alicyclic amines) is 1. The molecule has 1 aliphatic heterocycles. The number of aromatic nitrogens is 1. The minimum absolute atomic E-state index is 0.000615.